The molecule has 11 atom stereocenters. The Morgan fingerprint density at radius 1 is 1.14 bits per heavy atom. The molecule has 0 aliphatic heterocycles. The van der Waals surface area contributed by atoms with Crippen molar-refractivity contribution in [2.24, 2.45) is 28.1 Å². The first-order valence-electron chi connectivity index (χ1n) is 12.7. The van der Waals surface area contributed by atoms with Crippen LogP contribution in [0.3, 0.4) is 0 Å². The minimum Gasteiger partial charge on any atom is -0.451 e. The van der Waals surface area contributed by atoms with Crippen molar-refractivity contribution in [1.29, 1.82) is 0 Å². The molecule has 0 saturated heterocycles. The summed E-state index contributed by atoms with van der Waals surface area (Å²) in [5, 5.41) is 74.7. The Hall–Kier alpha value is -1.49. The number of H-pyrrole nitrogens is 1. The van der Waals surface area contributed by atoms with E-state index in [2.05, 4.69) is 4.98 Å². The summed E-state index contributed by atoms with van der Waals surface area (Å²) in [7, 11) is 0. The summed E-state index contributed by atoms with van der Waals surface area (Å²) < 4.78 is 5.92. The number of carbonyl (C=O) groups excluding carboxylic acids is 1. The summed E-state index contributed by atoms with van der Waals surface area (Å²) in [5.41, 5.74) is -15.4. The highest BCUT2D eigenvalue weighted by molar-refractivity contribution is 5.87. The number of esters is 1. The summed E-state index contributed by atoms with van der Waals surface area (Å²) in [5.74, 6) is -1.84. The number of aromatic nitrogens is 1. The lowest BCUT2D eigenvalue weighted by Crippen LogP contribution is -2.72. The minimum absolute atomic E-state index is 0.0996. The van der Waals surface area contributed by atoms with E-state index < -0.39 is 68.3 Å². The SMILES string of the molecule is CC1CC[C@@]2(O)C3(CC4(O)C[C@]2(C)[C@]2(O)C(OC(=O)c5ccc[nH]5)C(O)(C(C)C)C4(C)C32O)C1O. The van der Waals surface area contributed by atoms with Crippen molar-refractivity contribution in [3.8, 4) is 0 Å². The Labute approximate surface area is 204 Å². The lowest BCUT2D eigenvalue weighted by Gasteiger charge is -2.61. The first-order chi connectivity index (χ1) is 16.0. The van der Waals surface area contributed by atoms with Crippen LogP contribution >= 0.6 is 0 Å². The van der Waals surface area contributed by atoms with Crippen LogP contribution < -0.4 is 0 Å². The monoisotopic (exact) mass is 491 g/mol. The fraction of sp³-hybridized carbons (Fsp3) is 0.808. The maximum Gasteiger partial charge on any atom is 0.355 e. The van der Waals surface area contributed by atoms with Crippen LogP contribution in [0.2, 0.25) is 0 Å². The largest absolute Gasteiger partial charge is 0.451 e. The number of aromatic amines is 1. The minimum atomic E-state index is -2.36. The molecule has 7 rings (SSSR count). The second kappa shape index (κ2) is 5.97. The van der Waals surface area contributed by atoms with E-state index in [9.17, 15) is 35.4 Å². The topological polar surface area (TPSA) is 163 Å². The van der Waals surface area contributed by atoms with E-state index in [4.69, 9.17) is 4.74 Å². The van der Waals surface area contributed by atoms with Crippen molar-refractivity contribution >= 4 is 5.97 Å². The third-order valence-electron chi connectivity index (χ3n) is 12.1. The Morgan fingerprint density at radius 3 is 2.37 bits per heavy atom. The van der Waals surface area contributed by atoms with Crippen molar-refractivity contribution in [2.45, 2.75) is 101 Å². The Morgan fingerprint density at radius 2 is 1.80 bits per heavy atom. The van der Waals surface area contributed by atoms with E-state index in [0.29, 0.717) is 6.42 Å². The average Bonchev–Trinajstić information content (AvgIpc) is 3.41. The van der Waals surface area contributed by atoms with E-state index in [1.807, 2.05) is 6.92 Å². The summed E-state index contributed by atoms with van der Waals surface area (Å²) in [4.78, 5) is 16.0. The molecule has 194 valence electrons. The fourth-order valence-corrected chi connectivity index (χ4v) is 10.6. The van der Waals surface area contributed by atoms with Gasteiger partial charge >= 0.3 is 5.97 Å². The van der Waals surface area contributed by atoms with Gasteiger partial charge in [0.1, 0.15) is 22.5 Å². The first-order valence-corrected chi connectivity index (χ1v) is 12.7. The van der Waals surface area contributed by atoms with Crippen LogP contribution in [-0.4, -0.2) is 81.8 Å². The predicted molar refractivity (Wildman–Crippen MR) is 122 cm³/mol. The molecule has 7 N–H and O–H groups in total. The summed E-state index contributed by atoms with van der Waals surface area (Å²) in [6.45, 7) is 8.31. The summed E-state index contributed by atoms with van der Waals surface area (Å²) in [6.07, 6.45) is -1.07. The van der Waals surface area contributed by atoms with Crippen molar-refractivity contribution in [3.05, 3.63) is 24.0 Å². The molecule has 0 amide bonds. The van der Waals surface area contributed by atoms with Gasteiger partial charge in [-0.2, -0.15) is 0 Å². The van der Waals surface area contributed by atoms with Crippen molar-refractivity contribution in [2.75, 3.05) is 0 Å². The molecule has 6 aliphatic carbocycles. The van der Waals surface area contributed by atoms with Gasteiger partial charge < -0.3 is 40.4 Å². The van der Waals surface area contributed by atoms with Crippen LogP contribution in [0.1, 0.15) is 70.8 Å². The van der Waals surface area contributed by atoms with E-state index >= 15 is 0 Å². The third kappa shape index (κ3) is 1.75. The second-order valence-electron chi connectivity index (χ2n) is 13.0. The number of carbonyl (C=O) groups is 1. The number of aliphatic hydroxyl groups excluding tert-OH is 1. The standard InChI is InChI=1S/C26H37NO8/c1-13(2)24(32)18(35-17(29)15-7-6-10-27-15)25(33)19(4)11-21(30)12-22(26(25,34)20(21,24)5)16(28)14(3)8-9-23(19,22)31/h6-7,10,13-14,16,18,27-28,30-34H,8-9,11-12H2,1-5H3/t14?,16?,18?,19-,20?,21?,22?,23-,24?,25+,26?/m0/s1. The zero-order valence-corrected chi connectivity index (χ0v) is 20.9. The number of nitrogens with one attached hydrogen (secondary N) is 1. The van der Waals surface area contributed by atoms with Gasteiger partial charge in [-0.25, -0.2) is 4.79 Å². The molecule has 1 heterocycles. The van der Waals surface area contributed by atoms with Crippen LogP contribution in [0.15, 0.2) is 18.3 Å². The Kier molecular flexibility index (Phi) is 4.08. The Balaban J connectivity index is 1.69. The van der Waals surface area contributed by atoms with Crippen molar-refractivity contribution in [3.63, 3.8) is 0 Å². The zero-order chi connectivity index (χ0) is 25.8. The van der Waals surface area contributed by atoms with Gasteiger partial charge in [-0.05, 0) is 49.7 Å². The normalized spacial score (nSPS) is 59.8. The highest BCUT2D eigenvalue weighted by atomic mass is 16.6. The molecular weight excluding hydrogens is 454 g/mol. The predicted octanol–water partition coefficient (Wildman–Crippen LogP) is 0.476. The lowest BCUT2D eigenvalue weighted by molar-refractivity contribution is -0.289. The highest BCUT2D eigenvalue weighted by Gasteiger charge is 3.08. The maximum absolute atomic E-state index is 13.2. The molecule has 6 saturated carbocycles. The molecule has 6 bridgehead atoms. The number of rotatable bonds is 3. The van der Waals surface area contributed by atoms with Crippen LogP contribution in [0.4, 0.5) is 0 Å². The van der Waals surface area contributed by atoms with Gasteiger partial charge in [-0.15, -0.1) is 0 Å². The van der Waals surface area contributed by atoms with E-state index in [0.717, 1.165) is 0 Å². The molecular formula is C26H37NO8. The van der Waals surface area contributed by atoms with Crippen LogP contribution in [0, 0.1) is 28.1 Å². The number of hydrogen-bond donors (Lipinski definition) is 7. The first kappa shape index (κ1) is 23.9. The van der Waals surface area contributed by atoms with E-state index in [-0.39, 0.29) is 30.9 Å². The van der Waals surface area contributed by atoms with E-state index in [1.165, 1.54) is 13.0 Å². The van der Waals surface area contributed by atoms with Gasteiger partial charge in [-0.1, -0.05) is 34.6 Å². The molecule has 8 unspecified atom stereocenters. The molecule has 1 aromatic heterocycles. The number of hydrogen-bond acceptors (Lipinski definition) is 8. The molecule has 9 nitrogen and oxygen atoms in total. The molecule has 6 aliphatic rings. The smallest absolute Gasteiger partial charge is 0.355 e. The maximum atomic E-state index is 13.2. The van der Waals surface area contributed by atoms with Gasteiger partial charge in [-0.3, -0.25) is 0 Å². The molecule has 0 aromatic carbocycles. The number of aliphatic hydroxyl groups is 6. The molecule has 9 heteroatoms. The third-order valence-corrected chi connectivity index (χ3v) is 12.1. The zero-order valence-electron chi connectivity index (χ0n) is 20.9. The quantitative estimate of drug-likeness (QED) is 0.300. The van der Waals surface area contributed by atoms with Gasteiger partial charge in [0.15, 0.2) is 6.10 Å². The highest BCUT2D eigenvalue weighted by Crippen LogP contribution is 2.93. The van der Waals surface area contributed by atoms with Crippen LogP contribution in [-0.2, 0) is 4.74 Å². The summed E-state index contributed by atoms with van der Waals surface area (Å²) in [6, 6.07) is 3.11. The van der Waals surface area contributed by atoms with Gasteiger partial charge in [0.2, 0.25) is 0 Å². The molecule has 6 fully saturated rings. The van der Waals surface area contributed by atoms with Crippen molar-refractivity contribution < 1.29 is 40.2 Å². The second-order valence-corrected chi connectivity index (χ2v) is 13.0. The molecule has 1 spiro atoms. The molecule has 0 radical (unpaired) electrons. The van der Waals surface area contributed by atoms with Crippen molar-refractivity contribution in [1.82, 2.24) is 4.98 Å². The Bertz CT molecular complexity index is 1120. The summed E-state index contributed by atoms with van der Waals surface area (Å²) >= 11 is 0. The molecule has 35 heavy (non-hydrogen) atoms. The number of ether oxygens (including phenoxy) is 1. The van der Waals surface area contributed by atoms with Gasteiger partial charge in [0, 0.05) is 11.6 Å². The fourth-order valence-electron chi connectivity index (χ4n) is 10.6. The van der Waals surface area contributed by atoms with E-state index in [1.54, 1.807) is 33.0 Å². The van der Waals surface area contributed by atoms with Crippen LogP contribution in [0.5, 0.6) is 0 Å². The molecule has 1 aromatic rings. The lowest BCUT2D eigenvalue weighted by atomic mass is 9.47. The average molecular weight is 492 g/mol. The van der Waals surface area contributed by atoms with Crippen LogP contribution in [0.25, 0.3) is 0 Å². The van der Waals surface area contributed by atoms with Gasteiger partial charge in [0.25, 0.3) is 0 Å². The van der Waals surface area contributed by atoms with Gasteiger partial charge in [0.05, 0.1) is 28.1 Å².